The van der Waals surface area contributed by atoms with Crippen LogP contribution in [0, 0.1) is 11.8 Å². The van der Waals surface area contributed by atoms with Crippen LogP contribution in [0.5, 0.6) is 0 Å². The van der Waals surface area contributed by atoms with E-state index in [1.807, 2.05) is 0 Å². The molecule has 4 nitrogen and oxygen atoms in total. The lowest BCUT2D eigenvalue weighted by molar-refractivity contribution is 0.263. The van der Waals surface area contributed by atoms with E-state index in [4.69, 9.17) is 0 Å². The van der Waals surface area contributed by atoms with E-state index in [1.54, 1.807) is 0 Å². The first-order valence-electron chi connectivity index (χ1n) is 7.26. The minimum atomic E-state index is 0.570. The summed E-state index contributed by atoms with van der Waals surface area (Å²) in [6, 6.07) is 0.570. The largest absolute Gasteiger partial charge is 0.311 e. The van der Waals surface area contributed by atoms with E-state index in [1.165, 1.54) is 25.7 Å². The molecule has 0 bridgehead atoms. The van der Waals surface area contributed by atoms with E-state index < -0.39 is 0 Å². The summed E-state index contributed by atoms with van der Waals surface area (Å²) < 4.78 is 2.09. The van der Waals surface area contributed by atoms with Crippen LogP contribution in [0.2, 0.25) is 0 Å². The van der Waals surface area contributed by atoms with Crippen LogP contribution in [-0.2, 0) is 6.54 Å². The summed E-state index contributed by atoms with van der Waals surface area (Å²) in [5.41, 5.74) is 1.06. The van der Waals surface area contributed by atoms with Crippen LogP contribution in [0.3, 0.4) is 0 Å². The van der Waals surface area contributed by atoms with E-state index in [0.717, 1.165) is 24.7 Å². The Morgan fingerprint density at radius 1 is 1.44 bits per heavy atom. The topological polar surface area (TPSA) is 42.7 Å². The second kappa shape index (κ2) is 6.32. The minimum absolute atomic E-state index is 0.570. The molecule has 1 aliphatic rings. The Balaban J connectivity index is 1.85. The van der Waals surface area contributed by atoms with Gasteiger partial charge in [0, 0.05) is 6.54 Å². The number of nitrogens with zero attached hydrogens (tertiary/aromatic N) is 3. The smallest absolute Gasteiger partial charge is 0.0964 e. The molecule has 2 unspecified atom stereocenters. The average Bonchev–Trinajstić information content (AvgIpc) is 2.77. The summed E-state index contributed by atoms with van der Waals surface area (Å²) >= 11 is 0. The molecule has 1 saturated carbocycles. The Kier molecular flexibility index (Phi) is 4.75. The zero-order valence-electron chi connectivity index (χ0n) is 11.9. The molecule has 18 heavy (non-hydrogen) atoms. The molecule has 1 aromatic heterocycles. The molecular formula is C14H26N4. The third kappa shape index (κ3) is 3.80. The zero-order valence-corrected chi connectivity index (χ0v) is 11.9. The summed E-state index contributed by atoms with van der Waals surface area (Å²) in [5, 5.41) is 12.0. The first-order chi connectivity index (χ1) is 8.65. The number of nitrogens with one attached hydrogen (secondary N) is 1. The Morgan fingerprint density at radius 3 is 3.00 bits per heavy atom. The van der Waals surface area contributed by atoms with Gasteiger partial charge >= 0.3 is 0 Å². The van der Waals surface area contributed by atoms with Crippen molar-refractivity contribution in [3.63, 3.8) is 0 Å². The van der Waals surface area contributed by atoms with Gasteiger partial charge in [0.2, 0.25) is 0 Å². The fourth-order valence-electron chi connectivity index (χ4n) is 2.70. The predicted molar refractivity (Wildman–Crippen MR) is 73.2 cm³/mol. The van der Waals surface area contributed by atoms with Crippen LogP contribution in [0.15, 0.2) is 6.20 Å². The monoisotopic (exact) mass is 250 g/mol. The summed E-state index contributed by atoms with van der Waals surface area (Å²) in [6.07, 6.45) is 7.32. The van der Waals surface area contributed by atoms with E-state index >= 15 is 0 Å². The molecule has 0 radical (unpaired) electrons. The van der Waals surface area contributed by atoms with Crippen LogP contribution in [-0.4, -0.2) is 21.5 Å². The van der Waals surface area contributed by atoms with Crippen LogP contribution in [0.1, 0.15) is 58.2 Å². The van der Waals surface area contributed by atoms with Crippen LogP contribution < -0.4 is 5.32 Å². The van der Waals surface area contributed by atoms with Crippen molar-refractivity contribution in [1.29, 1.82) is 0 Å². The van der Waals surface area contributed by atoms with Crippen molar-refractivity contribution in [2.75, 3.05) is 6.54 Å². The molecule has 1 heterocycles. The van der Waals surface area contributed by atoms with Gasteiger partial charge in [-0.2, -0.15) is 0 Å². The Morgan fingerprint density at radius 2 is 2.28 bits per heavy atom. The Labute approximate surface area is 110 Å². The SMILES string of the molecule is CC(C)CNCc1cn(C2CCCC(C)C2)nn1. The van der Waals surface area contributed by atoms with Gasteiger partial charge in [-0.15, -0.1) is 5.10 Å². The Bertz CT molecular complexity index is 358. The third-order valence-electron chi connectivity index (χ3n) is 3.70. The number of hydrogen-bond acceptors (Lipinski definition) is 3. The molecule has 0 saturated heterocycles. The van der Waals surface area contributed by atoms with Crippen LogP contribution in [0.25, 0.3) is 0 Å². The van der Waals surface area contributed by atoms with Gasteiger partial charge in [0.05, 0.1) is 17.9 Å². The molecule has 1 aliphatic carbocycles. The fourth-order valence-corrected chi connectivity index (χ4v) is 2.70. The van der Waals surface area contributed by atoms with Crippen LogP contribution in [0.4, 0.5) is 0 Å². The quantitative estimate of drug-likeness (QED) is 0.874. The van der Waals surface area contributed by atoms with E-state index in [2.05, 4.69) is 47.3 Å². The highest BCUT2D eigenvalue weighted by molar-refractivity contribution is 4.93. The first kappa shape index (κ1) is 13.5. The summed E-state index contributed by atoms with van der Waals surface area (Å²) in [7, 11) is 0. The summed E-state index contributed by atoms with van der Waals surface area (Å²) in [5.74, 6) is 1.51. The van der Waals surface area contributed by atoms with Crippen molar-refractivity contribution >= 4 is 0 Å². The molecule has 0 spiro atoms. The maximum absolute atomic E-state index is 4.30. The molecule has 2 atom stereocenters. The van der Waals surface area contributed by atoms with Crippen molar-refractivity contribution in [2.45, 2.75) is 59.0 Å². The van der Waals surface area contributed by atoms with E-state index in [-0.39, 0.29) is 0 Å². The number of rotatable bonds is 5. The van der Waals surface area contributed by atoms with Gasteiger partial charge in [-0.25, -0.2) is 4.68 Å². The molecule has 0 amide bonds. The molecule has 1 aromatic rings. The molecule has 2 rings (SSSR count). The summed E-state index contributed by atoms with van der Waals surface area (Å²) in [4.78, 5) is 0. The standard InChI is InChI=1S/C14H26N4/c1-11(2)8-15-9-13-10-18(17-16-13)14-6-4-5-12(3)7-14/h10-12,14-15H,4-9H2,1-3H3. The lowest BCUT2D eigenvalue weighted by atomic mass is 9.87. The highest BCUT2D eigenvalue weighted by atomic mass is 15.4. The van der Waals surface area contributed by atoms with Gasteiger partial charge in [0.15, 0.2) is 0 Å². The van der Waals surface area contributed by atoms with Crippen molar-refractivity contribution in [3.8, 4) is 0 Å². The predicted octanol–water partition coefficient (Wildman–Crippen LogP) is 2.77. The maximum Gasteiger partial charge on any atom is 0.0964 e. The highest BCUT2D eigenvalue weighted by Gasteiger charge is 2.21. The molecule has 4 heteroatoms. The average molecular weight is 250 g/mol. The fraction of sp³-hybridized carbons (Fsp3) is 0.857. The van der Waals surface area contributed by atoms with Crippen molar-refractivity contribution in [1.82, 2.24) is 20.3 Å². The van der Waals surface area contributed by atoms with Gasteiger partial charge in [-0.1, -0.05) is 38.8 Å². The molecule has 0 aromatic carbocycles. The molecule has 1 N–H and O–H groups in total. The second-order valence-electron chi connectivity index (χ2n) is 6.14. The van der Waals surface area contributed by atoms with Gasteiger partial charge < -0.3 is 5.32 Å². The normalized spacial score (nSPS) is 24.7. The number of aromatic nitrogens is 3. The van der Waals surface area contributed by atoms with Gasteiger partial charge in [-0.05, 0) is 31.2 Å². The second-order valence-corrected chi connectivity index (χ2v) is 6.14. The van der Waals surface area contributed by atoms with E-state index in [9.17, 15) is 0 Å². The van der Waals surface area contributed by atoms with Crippen molar-refractivity contribution < 1.29 is 0 Å². The van der Waals surface area contributed by atoms with Gasteiger partial charge in [0.25, 0.3) is 0 Å². The first-order valence-corrected chi connectivity index (χ1v) is 7.26. The van der Waals surface area contributed by atoms with Gasteiger partial charge in [0.1, 0.15) is 0 Å². The Hall–Kier alpha value is -0.900. The molecule has 1 fully saturated rings. The van der Waals surface area contributed by atoms with Crippen molar-refractivity contribution in [3.05, 3.63) is 11.9 Å². The lowest BCUT2D eigenvalue weighted by Gasteiger charge is -2.26. The van der Waals surface area contributed by atoms with Crippen molar-refractivity contribution in [2.24, 2.45) is 11.8 Å². The molecule has 102 valence electrons. The molecule has 0 aliphatic heterocycles. The van der Waals surface area contributed by atoms with Gasteiger partial charge in [-0.3, -0.25) is 0 Å². The highest BCUT2D eigenvalue weighted by Crippen LogP contribution is 2.31. The van der Waals surface area contributed by atoms with E-state index in [0.29, 0.717) is 12.0 Å². The molecular weight excluding hydrogens is 224 g/mol. The minimum Gasteiger partial charge on any atom is -0.311 e. The third-order valence-corrected chi connectivity index (χ3v) is 3.70. The lowest BCUT2D eigenvalue weighted by Crippen LogP contribution is -2.19. The summed E-state index contributed by atoms with van der Waals surface area (Å²) in [6.45, 7) is 8.64. The van der Waals surface area contributed by atoms with Crippen LogP contribution >= 0.6 is 0 Å². The number of hydrogen-bond donors (Lipinski definition) is 1. The maximum atomic E-state index is 4.30. The zero-order chi connectivity index (χ0) is 13.0.